The van der Waals surface area contributed by atoms with Crippen LogP contribution in [0.2, 0.25) is 0 Å². The maximum atomic E-state index is 12.7. The first kappa shape index (κ1) is 58.7. The van der Waals surface area contributed by atoms with Gasteiger partial charge in [-0.1, -0.05) is 190 Å². The Bertz CT molecular complexity index is 1240. The Morgan fingerprint density at radius 1 is 0.607 bits per heavy atom. The summed E-state index contributed by atoms with van der Waals surface area (Å²) in [6.45, 7) is 3.83. The molecule has 3 atom stereocenters. The van der Waals surface area contributed by atoms with E-state index in [1.165, 1.54) is 103 Å². The van der Waals surface area contributed by atoms with Gasteiger partial charge in [0.05, 0.1) is 33.9 Å². The number of unbranched alkanes of at least 4 members (excludes halogenated alkanes) is 19. The molecule has 1 unspecified atom stereocenters. The number of carbonyl (C=O) groups excluding carboxylic acids is 2. The fourth-order valence-corrected chi connectivity index (χ4v) is 7.02. The first-order valence-corrected chi connectivity index (χ1v) is 25.6. The Labute approximate surface area is 373 Å². The Morgan fingerprint density at radius 2 is 1.08 bits per heavy atom. The van der Waals surface area contributed by atoms with Crippen LogP contribution in [-0.2, 0) is 32.7 Å². The van der Waals surface area contributed by atoms with Gasteiger partial charge in [0.2, 0.25) is 0 Å². The highest BCUT2D eigenvalue weighted by Gasteiger charge is 2.21. The van der Waals surface area contributed by atoms with E-state index in [0.29, 0.717) is 30.3 Å². The minimum absolute atomic E-state index is 0.0492. The molecule has 0 aromatic carbocycles. The van der Waals surface area contributed by atoms with Gasteiger partial charge in [-0.25, -0.2) is 0 Å². The van der Waals surface area contributed by atoms with Crippen molar-refractivity contribution in [2.45, 2.75) is 199 Å². The number of hydrogen-bond acceptors (Lipinski definition) is 9. The van der Waals surface area contributed by atoms with E-state index in [0.717, 1.165) is 38.5 Å². The highest BCUT2D eigenvalue weighted by atomic mass is 31.2. The highest BCUT2D eigenvalue weighted by molar-refractivity contribution is 7.45. The minimum Gasteiger partial charge on any atom is -0.756 e. The fraction of sp³-hybridized carbons (Fsp3) is 0.760. The highest BCUT2D eigenvalue weighted by Crippen LogP contribution is 2.38. The van der Waals surface area contributed by atoms with Crippen LogP contribution in [0.3, 0.4) is 0 Å². The van der Waals surface area contributed by atoms with Crippen molar-refractivity contribution >= 4 is 19.8 Å². The number of quaternary nitrogens is 1. The Kier molecular flexibility index (Phi) is 40.1. The summed E-state index contributed by atoms with van der Waals surface area (Å²) in [5.74, 6) is -0.919. The second-order valence-electron chi connectivity index (χ2n) is 17.3. The molecule has 0 aliphatic carbocycles. The van der Waals surface area contributed by atoms with Gasteiger partial charge in [-0.2, -0.15) is 0 Å². The largest absolute Gasteiger partial charge is 0.756 e. The molecule has 1 N–H and O–H groups in total. The van der Waals surface area contributed by atoms with Crippen molar-refractivity contribution in [1.29, 1.82) is 0 Å². The van der Waals surface area contributed by atoms with E-state index in [9.17, 15) is 24.2 Å². The van der Waals surface area contributed by atoms with Crippen LogP contribution >= 0.6 is 7.82 Å². The summed E-state index contributed by atoms with van der Waals surface area (Å²) in [5.41, 5.74) is 0. The molecule has 61 heavy (non-hydrogen) atoms. The van der Waals surface area contributed by atoms with Crippen LogP contribution < -0.4 is 4.89 Å². The number of aliphatic hydroxyl groups is 1. The zero-order valence-electron chi connectivity index (χ0n) is 39.5. The lowest BCUT2D eigenvalue weighted by Gasteiger charge is -2.28. The third-order valence-corrected chi connectivity index (χ3v) is 11.2. The van der Waals surface area contributed by atoms with Crippen molar-refractivity contribution in [1.82, 2.24) is 0 Å². The second-order valence-corrected chi connectivity index (χ2v) is 18.7. The number of hydrogen-bond donors (Lipinski definition) is 1. The normalized spacial score (nSPS) is 14.5. The molecule has 0 fully saturated rings. The molecule has 0 aromatic heterocycles. The molecule has 0 aliphatic heterocycles. The van der Waals surface area contributed by atoms with Crippen molar-refractivity contribution in [2.24, 2.45) is 0 Å². The molecule has 0 spiro atoms. The average molecular weight is 880 g/mol. The third-order valence-electron chi connectivity index (χ3n) is 10.2. The van der Waals surface area contributed by atoms with E-state index in [4.69, 9.17) is 18.5 Å². The second kappa shape index (κ2) is 41.7. The molecule has 0 rings (SSSR count). The van der Waals surface area contributed by atoms with Gasteiger partial charge in [-0.05, 0) is 44.9 Å². The number of rotatable bonds is 43. The van der Waals surface area contributed by atoms with Gasteiger partial charge in [-0.3, -0.25) is 14.2 Å². The van der Waals surface area contributed by atoms with Gasteiger partial charge >= 0.3 is 11.9 Å². The monoisotopic (exact) mass is 880 g/mol. The predicted octanol–water partition coefficient (Wildman–Crippen LogP) is 12.4. The van der Waals surface area contributed by atoms with Crippen molar-refractivity contribution in [3.63, 3.8) is 0 Å². The van der Waals surface area contributed by atoms with Gasteiger partial charge in [0.15, 0.2) is 6.10 Å². The first-order chi connectivity index (χ1) is 29.4. The van der Waals surface area contributed by atoms with Gasteiger partial charge < -0.3 is 33.0 Å². The average Bonchev–Trinajstić information content (AvgIpc) is 3.21. The molecule has 0 aromatic rings. The molecule has 354 valence electrons. The van der Waals surface area contributed by atoms with Crippen LogP contribution in [0.5, 0.6) is 0 Å². The lowest BCUT2D eigenvalue weighted by atomic mass is 10.0. The number of phosphoric ester groups is 1. The predicted molar refractivity (Wildman–Crippen MR) is 251 cm³/mol. The Balaban J connectivity index is 4.38. The summed E-state index contributed by atoms with van der Waals surface area (Å²) in [5, 5.41) is 9.49. The SMILES string of the molecule is CCCCCCCCCCCCCCCCCCCCCC(=O)OC[C@H](COP(=O)([O-])OCC[N+](C)(C)C)OC(=O)CCC/C=C\C/C=C\C/C=C\C/C=C\C=C\[C@H](O)CC. The maximum Gasteiger partial charge on any atom is 0.306 e. The van der Waals surface area contributed by atoms with E-state index in [2.05, 4.69) is 31.2 Å². The molecular weight excluding hydrogens is 790 g/mol. The summed E-state index contributed by atoms with van der Waals surface area (Å²) in [6, 6.07) is 0. The molecule has 11 heteroatoms. The number of allylic oxidation sites excluding steroid dienone is 9. The summed E-state index contributed by atoms with van der Waals surface area (Å²) >= 11 is 0. The van der Waals surface area contributed by atoms with Crippen molar-refractivity contribution < 1.29 is 47.2 Å². The number of aliphatic hydroxyl groups excluding tert-OH is 1. The molecule has 0 saturated carbocycles. The van der Waals surface area contributed by atoms with E-state index in [1.807, 2.05) is 58.4 Å². The first-order valence-electron chi connectivity index (χ1n) is 24.1. The zero-order chi connectivity index (χ0) is 45.1. The van der Waals surface area contributed by atoms with E-state index < -0.39 is 32.5 Å². The standard InChI is InChI=1S/C50H90NO9P/c1-6-8-9-10-11-12-13-14-15-16-17-18-19-23-26-29-32-35-38-41-49(53)57-45-48(46-59-61(55,56)58-44-43-51(3,4)5)60-50(54)42-39-36-33-30-27-24-21-20-22-25-28-31-34-37-40-47(52)7-2/h21-22,24-25,30-31,33-34,37,40,47-48,52H,6-20,23,26-29,32,35-36,38-39,41-46H2,1-5H3/b24-21-,25-22-,33-30-,34-31-,40-37+/t47-,48-/m1/s1. The Morgan fingerprint density at radius 3 is 1.59 bits per heavy atom. The van der Waals surface area contributed by atoms with Crippen LogP contribution in [-0.4, -0.2) is 81.2 Å². The quantitative estimate of drug-likeness (QED) is 0.0159. The number of esters is 2. The van der Waals surface area contributed by atoms with Crippen molar-refractivity contribution in [2.75, 3.05) is 47.5 Å². The van der Waals surface area contributed by atoms with Crippen LogP contribution in [0.4, 0.5) is 0 Å². The third kappa shape index (κ3) is 45.5. The maximum absolute atomic E-state index is 12.7. The number of phosphoric acid groups is 1. The number of ether oxygens (including phenoxy) is 2. The van der Waals surface area contributed by atoms with Gasteiger partial charge in [0, 0.05) is 12.8 Å². The van der Waals surface area contributed by atoms with Gasteiger partial charge in [0.25, 0.3) is 7.82 Å². The van der Waals surface area contributed by atoms with Gasteiger partial charge in [0.1, 0.15) is 19.8 Å². The molecule has 0 aliphatic rings. The summed E-state index contributed by atoms with van der Waals surface area (Å²) in [7, 11) is 1.10. The summed E-state index contributed by atoms with van der Waals surface area (Å²) in [4.78, 5) is 37.6. The molecule has 0 amide bonds. The molecular formula is C50H90NO9P. The topological polar surface area (TPSA) is 131 Å². The van der Waals surface area contributed by atoms with E-state index in [1.54, 1.807) is 6.08 Å². The van der Waals surface area contributed by atoms with Crippen LogP contribution in [0.25, 0.3) is 0 Å². The molecule has 10 nitrogen and oxygen atoms in total. The van der Waals surface area contributed by atoms with E-state index in [-0.39, 0.29) is 32.2 Å². The number of carbonyl (C=O) groups is 2. The smallest absolute Gasteiger partial charge is 0.306 e. The zero-order valence-corrected chi connectivity index (χ0v) is 40.4. The van der Waals surface area contributed by atoms with Crippen molar-refractivity contribution in [3.05, 3.63) is 60.8 Å². The van der Waals surface area contributed by atoms with Crippen LogP contribution in [0.1, 0.15) is 187 Å². The van der Waals surface area contributed by atoms with Gasteiger partial charge in [-0.15, -0.1) is 0 Å². The Hall–Kier alpha value is -2.33. The summed E-state index contributed by atoms with van der Waals surface area (Å²) in [6.07, 6.45) is 47.8. The molecule has 0 saturated heterocycles. The van der Waals surface area contributed by atoms with Crippen molar-refractivity contribution in [3.8, 4) is 0 Å². The molecule has 0 radical (unpaired) electrons. The minimum atomic E-state index is -4.65. The van der Waals surface area contributed by atoms with E-state index >= 15 is 0 Å². The number of nitrogens with zero attached hydrogens (tertiary/aromatic N) is 1. The fourth-order valence-electron chi connectivity index (χ4n) is 6.29. The lowest BCUT2D eigenvalue weighted by Crippen LogP contribution is -2.37. The summed E-state index contributed by atoms with van der Waals surface area (Å²) < 4.78 is 33.9. The van der Waals surface area contributed by atoms with Crippen LogP contribution in [0.15, 0.2) is 60.8 Å². The molecule has 0 bridgehead atoms. The lowest BCUT2D eigenvalue weighted by molar-refractivity contribution is -0.870. The number of likely N-dealkylation sites (N-methyl/N-ethyl adjacent to an activating group) is 1. The molecule has 0 heterocycles. The van der Waals surface area contributed by atoms with Crippen LogP contribution in [0, 0.1) is 0 Å².